The average Bonchev–Trinajstić information content (AvgIpc) is 2.55. The first-order valence-corrected chi connectivity index (χ1v) is 6.79. The summed E-state index contributed by atoms with van der Waals surface area (Å²) in [6, 6.07) is 7.34. The number of halogens is 1. The molecule has 10 heteroatoms. The summed E-state index contributed by atoms with van der Waals surface area (Å²) in [5.74, 6) is -0.750. The number of benzene rings is 2. The van der Waals surface area contributed by atoms with Gasteiger partial charge in [0.05, 0.1) is 17.0 Å². The van der Waals surface area contributed by atoms with Crippen molar-refractivity contribution in [3.05, 3.63) is 67.2 Å². The Morgan fingerprint density at radius 1 is 1.08 bits per heavy atom. The second-order valence-corrected chi connectivity index (χ2v) is 4.95. The van der Waals surface area contributed by atoms with Gasteiger partial charge in [0.25, 0.3) is 11.6 Å². The fourth-order valence-electron chi connectivity index (χ4n) is 1.93. The molecule has 2 aromatic carbocycles. The third-order valence-electron chi connectivity index (χ3n) is 3.04. The Bertz CT molecular complexity index is 839. The summed E-state index contributed by atoms with van der Waals surface area (Å²) in [4.78, 5) is 32.8. The normalized spacial score (nSPS) is 10.1. The van der Waals surface area contributed by atoms with Crippen molar-refractivity contribution in [3.63, 3.8) is 0 Å². The molecule has 2 rings (SSSR count). The minimum absolute atomic E-state index is 0.00553. The Morgan fingerprint density at radius 2 is 1.75 bits per heavy atom. The Balaban J connectivity index is 2.36. The summed E-state index contributed by atoms with van der Waals surface area (Å²) in [5.41, 5.74) is -0.908. The van der Waals surface area contributed by atoms with Gasteiger partial charge in [0.1, 0.15) is 5.69 Å². The van der Waals surface area contributed by atoms with Crippen molar-refractivity contribution in [3.8, 4) is 5.75 Å². The molecule has 0 fully saturated rings. The molecular formula is C14H10ClN3O6. The molecule has 0 saturated carbocycles. The van der Waals surface area contributed by atoms with Gasteiger partial charge >= 0.3 is 5.69 Å². The SMILES string of the molecule is COc1ccc(C(=O)Nc2ccc(Cl)cc2[N+](=O)[O-])cc1[N+](=O)[O-]. The monoisotopic (exact) mass is 351 g/mol. The fraction of sp³-hybridized carbons (Fsp3) is 0.0714. The van der Waals surface area contributed by atoms with Crippen molar-refractivity contribution >= 4 is 34.6 Å². The van der Waals surface area contributed by atoms with Gasteiger partial charge in [-0.05, 0) is 24.3 Å². The summed E-state index contributed by atoms with van der Waals surface area (Å²) in [7, 11) is 1.26. The topological polar surface area (TPSA) is 125 Å². The minimum atomic E-state index is -0.744. The van der Waals surface area contributed by atoms with Crippen molar-refractivity contribution in [2.45, 2.75) is 0 Å². The zero-order chi connectivity index (χ0) is 17.9. The number of carbonyl (C=O) groups is 1. The summed E-state index contributed by atoms with van der Waals surface area (Å²) >= 11 is 5.70. The van der Waals surface area contributed by atoms with Crippen LogP contribution in [-0.2, 0) is 0 Å². The number of anilines is 1. The maximum absolute atomic E-state index is 12.2. The molecule has 24 heavy (non-hydrogen) atoms. The quantitative estimate of drug-likeness (QED) is 0.650. The first-order chi connectivity index (χ1) is 11.3. The zero-order valence-electron chi connectivity index (χ0n) is 12.2. The average molecular weight is 352 g/mol. The lowest BCUT2D eigenvalue weighted by Crippen LogP contribution is -2.13. The molecular weight excluding hydrogens is 342 g/mol. The number of hydrogen-bond donors (Lipinski definition) is 1. The lowest BCUT2D eigenvalue weighted by atomic mass is 10.1. The van der Waals surface area contributed by atoms with Crippen molar-refractivity contribution in [2.75, 3.05) is 12.4 Å². The Labute approximate surface area is 140 Å². The molecule has 124 valence electrons. The molecule has 0 aliphatic rings. The van der Waals surface area contributed by atoms with Gasteiger partial charge in [-0.1, -0.05) is 11.6 Å². The van der Waals surface area contributed by atoms with E-state index in [0.29, 0.717) is 0 Å². The van der Waals surface area contributed by atoms with Crippen molar-refractivity contribution in [1.29, 1.82) is 0 Å². The van der Waals surface area contributed by atoms with Crippen molar-refractivity contribution in [1.82, 2.24) is 0 Å². The molecule has 9 nitrogen and oxygen atoms in total. The van der Waals surface area contributed by atoms with Crippen LogP contribution >= 0.6 is 11.6 Å². The van der Waals surface area contributed by atoms with Crippen LogP contribution in [0.5, 0.6) is 5.75 Å². The molecule has 0 aliphatic heterocycles. The summed E-state index contributed by atoms with van der Waals surface area (Å²) in [5, 5.41) is 24.5. The summed E-state index contributed by atoms with van der Waals surface area (Å²) in [6.45, 7) is 0. The number of nitro groups is 2. The highest BCUT2D eigenvalue weighted by molar-refractivity contribution is 6.31. The Hall–Kier alpha value is -3.20. The largest absolute Gasteiger partial charge is 0.490 e. The van der Waals surface area contributed by atoms with E-state index in [2.05, 4.69) is 5.32 Å². The zero-order valence-corrected chi connectivity index (χ0v) is 12.9. The fourth-order valence-corrected chi connectivity index (χ4v) is 2.10. The molecule has 2 aromatic rings. The number of nitro benzene ring substituents is 2. The maximum atomic E-state index is 12.2. The first-order valence-electron chi connectivity index (χ1n) is 6.41. The molecule has 0 spiro atoms. The van der Waals surface area contributed by atoms with E-state index in [1.54, 1.807) is 0 Å². The molecule has 0 unspecified atom stereocenters. The van der Waals surface area contributed by atoms with Crippen LogP contribution in [0.15, 0.2) is 36.4 Å². The van der Waals surface area contributed by atoms with Crippen LogP contribution in [0.2, 0.25) is 5.02 Å². The highest BCUT2D eigenvalue weighted by Gasteiger charge is 2.21. The van der Waals surface area contributed by atoms with E-state index in [0.717, 1.165) is 12.1 Å². The minimum Gasteiger partial charge on any atom is -0.490 e. The van der Waals surface area contributed by atoms with Crippen molar-refractivity contribution < 1.29 is 19.4 Å². The Kier molecular flexibility index (Phi) is 4.95. The van der Waals surface area contributed by atoms with Gasteiger partial charge in [0.15, 0.2) is 5.75 Å². The van der Waals surface area contributed by atoms with Gasteiger partial charge in [-0.3, -0.25) is 25.0 Å². The standard InChI is InChI=1S/C14H10ClN3O6/c1-24-13-5-2-8(6-12(13)18(22)23)14(19)16-10-4-3-9(15)7-11(10)17(20)21/h2-7H,1H3,(H,16,19). The van der Waals surface area contributed by atoms with E-state index in [9.17, 15) is 25.0 Å². The van der Waals surface area contributed by atoms with Crippen LogP contribution in [0, 0.1) is 20.2 Å². The predicted octanol–water partition coefficient (Wildman–Crippen LogP) is 3.42. The smallest absolute Gasteiger partial charge is 0.311 e. The van der Waals surface area contributed by atoms with Crippen LogP contribution < -0.4 is 10.1 Å². The number of rotatable bonds is 5. The molecule has 0 saturated heterocycles. The van der Waals surface area contributed by atoms with E-state index >= 15 is 0 Å². The van der Waals surface area contributed by atoms with Crippen molar-refractivity contribution in [2.24, 2.45) is 0 Å². The molecule has 0 heterocycles. The lowest BCUT2D eigenvalue weighted by molar-refractivity contribution is -0.385. The molecule has 0 radical (unpaired) electrons. The molecule has 0 bridgehead atoms. The van der Waals surface area contributed by atoms with Gasteiger partial charge in [-0.15, -0.1) is 0 Å². The number of methoxy groups -OCH3 is 1. The van der Waals surface area contributed by atoms with E-state index in [4.69, 9.17) is 16.3 Å². The number of ether oxygens (including phenoxy) is 1. The van der Waals surface area contributed by atoms with Crippen LogP contribution in [0.4, 0.5) is 17.1 Å². The predicted molar refractivity (Wildman–Crippen MR) is 85.7 cm³/mol. The number of hydrogen-bond acceptors (Lipinski definition) is 6. The van der Waals surface area contributed by atoms with Gasteiger partial charge < -0.3 is 10.1 Å². The van der Waals surface area contributed by atoms with Crippen LogP contribution in [-0.4, -0.2) is 22.9 Å². The van der Waals surface area contributed by atoms with Gasteiger partial charge in [0.2, 0.25) is 0 Å². The molecule has 0 aliphatic carbocycles. The molecule has 1 amide bonds. The van der Waals surface area contributed by atoms with Gasteiger partial charge in [0, 0.05) is 22.7 Å². The van der Waals surface area contributed by atoms with Crippen LogP contribution in [0.25, 0.3) is 0 Å². The van der Waals surface area contributed by atoms with E-state index in [1.807, 2.05) is 0 Å². The molecule has 0 aromatic heterocycles. The summed E-state index contributed by atoms with van der Waals surface area (Å²) < 4.78 is 4.85. The third-order valence-corrected chi connectivity index (χ3v) is 3.28. The lowest BCUT2D eigenvalue weighted by Gasteiger charge is -2.07. The first kappa shape index (κ1) is 17.2. The van der Waals surface area contributed by atoms with E-state index in [1.165, 1.54) is 31.4 Å². The molecule has 1 N–H and O–H groups in total. The number of carbonyl (C=O) groups excluding carboxylic acids is 1. The highest BCUT2D eigenvalue weighted by atomic mass is 35.5. The van der Waals surface area contributed by atoms with Gasteiger partial charge in [-0.2, -0.15) is 0 Å². The summed E-state index contributed by atoms with van der Waals surface area (Å²) in [6.07, 6.45) is 0. The number of nitrogens with one attached hydrogen (secondary N) is 1. The second-order valence-electron chi connectivity index (χ2n) is 4.52. The highest BCUT2D eigenvalue weighted by Crippen LogP contribution is 2.30. The number of amides is 1. The van der Waals surface area contributed by atoms with Crippen LogP contribution in [0.1, 0.15) is 10.4 Å². The van der Waals surface area contributed by atoms with Gasteiger partial charge in [-0.25, -0.2) is 0 Å². The Morgan fingerprint density at radius 3 is 2.33 bits per heavy atom. The third kappa shape index (κ3) is 3.58. The van der Waals surface area contributed by atoms with E-state index < -0.39 is 21.4 Å². The second kappa shape index (κ2) is 6.92. The maximum Gasteiger partial charge on any atom is 0.311 e. The molecule has 0 atom stereocenters. The van der Waals surface area contributed by atoms with Crippen LogP contribution in [0.3, 0.4) is 0 Å². The number of nitrogens with zero attached hydrogens (tertiary/aromatic N) is 2. The van der Waals surface area contributed by atoms with E-state index in [-0.39, 0.29) is 27.7 Å².